The van der Waals surface area contributed by atoms with E-state index in [9.17, 15) is 8.78 Å². The number of aromatic nitrogens is 2. The molecule has 0 atom stereocenters. The molecule has 5 heteroatoms. The zero-order valence-electron chi connectivity index (χ0n) is 9.81. The van der Waals surface area contributed by atoms with Gasteiger partial charge in [0.25, 0.3) is 0 Å². The number of hydrogen-bond acceptors (Lipinski definition) is 3. The normalized spacial score (nSPS) is 11.5. The van der Waals surface area contributed by atoms with Crippen molar-refractivity contribution in [2.45, 2.75) is 19.6 Å². The van der Waals surface area contributed by atoms with Crippen LogP contribution in [0.4, 0.5) is 8.78 Å². The lowest BCUT2D eigenvalue weighted by atomic mass is 10.1. The van der Waals surface area contributed by atoms with Crippen LogP contribution in [0.5, 0.6) is 0 Å². The Morgan fingerprint density at radius 3 is 2.56 bits per heavy atom. The van der Waals surface area contributed by atoms with E-state index in [4.69, 9.17) is 0 Å². The van der Waals surface area contributed by atoms with Crippen molar-refractivity contribution in [1.29, 1.82) is 0 Å². The van der Waals surface area contributed by atoms with Crippen LogP contribution in [0.3, 0.4) is 0 Å². The second-order valence-electron chi connectivity index (χ2n) is 3.87. The predicted octanol–water partition coefficient (Wildman–Crippen LogP) is 3.27. The largest absolute Gasteiger partial charge is 0.353 e. The third-order valence-corrected chi connectivity index (χ3v) is 2.24. The van der Waals surface area contributed by atoms with Gasteiger partial charge >= 0.3 is 6.11 Å². The standard InChI is InChI=1S/C13H12F2N2O/c1-13(14,15)18-9-10-4-2-5-11(8-10)12-16-6-3-7-17-12/h2-8H,9H2,1H3. The molecule has 94 valence electrons. The maximum absolute atomic E-state index is 12.6. The Hall–Kier alpha value is -1.88. The number of rotatable bonds is 4. The Morgan fingerprint density at radius 1 is 1.17 bits per heavy atom. The molecule has 0 N–H and O–H groups in total. The Kier molecular flexibility index (Phi) is 3.62. The van der Waals surface area contributed by atoms with E-state index in [0.717, 1.165) is 12.5 Å². The average Bonchev–Trinajstić information content (AvgIpc) is 2.37. The molecule has 0 aliphatic heterocycles. The summed E-state index contributed by atoms with van der Waals surface area (Å²) in [6.07, 6.45) is 0.136. The smallest absolute Gasteiger partial charge is 0.316 e. The summed E-state index contributed by atoms with van der Waals surface area (Å²) in [5, 5.41) is 0. The van der Waals surface area contributed by atoms with Gasteiger partial charge in [0.1, 0.15) is 0 Å². The molecule has 2 aromatic rings. The van der Waals surface area contributed by atoms with E-state index in [1.807, 2.05) is 6.07 Å². The third-order valence-electron chi connectivity index (χ3n) is 2.24. The molecular formula is C13H12F2N2O. The predicted molar refractivity (Wildman–Crippen MR) is 62.9 cm³/mol. The van der Waals surface area contributed by atoms with Crippen molar-refractivity contribution in [1.82, 2.24) is 9.97 Å². The first-order valence-electron chi connectivity index (χ1n) is 5.43. The molecule has 0 bridgehead atoms. The molecule has 18 heavy (non-hydrogen) atoms. The van der Waals surface area contributed by atoms with Gasteiger partial charge in [-0.05, 0) is 17.7 Å². The average molecular weight is 250 g/mol. The molecule has 0 amide bonds. The molecule has 0 spiro atoms. The number of hydrogen-bond donors (Lipinski definition) is 0. The minimum Gasteiger partial charge on any atom is -0.316 e. The minimum absolute atomic E-state index is 0.149. The second kappa shape index (κ2) is 5.18. The van der Waals surface area contributed by atoms with E-state index >= 15 is 0 Å². The lowest BCUT2D eigenvalue weighted by Crippen LogP contribution is -2.14. The molecular weight excluding hydrogens is 238 g/mol. The highest BCUT2D eigenvalue weighted by Gasteiger charge is 2.21. The minimum atomic E-state index is -3.13. The summed E-state index contributed by atoms with van der Waals surface area (Å²) in [4.78, 5) is 8.20. The molecule has 0 saturated heterocycles. The first-order valence-corrected chi connectivity index (χ1v) is 5.43. The van der Waals surface area contributed by atoms with Gasteiger partial charge in [-0.1, -0.05) is 18.2 Å². The fraction of sp³-hybridized carbons (Fsp3) is 0.231. The molecule has 0 fully saturated rings. The Labute approximate surface area is 103 Å². The van der Waals surface area contributed by atoms with Crippen LogP contribution in [0.25, 0.3) is 11.4 Å². The molecule has 0 saturated carbocycles. The van der Waals surface area contributed by atoms with E-state index in [0.29, 0.717) is 11.4 Å². The van der Waals surface area contributed by atoms with Gasteiger partial charge in [0.15, 0.2) is 5.82 Å². The number of alkyl halides is 2. The molecule has 0 aliphatic rings. The second-order valence-corrected chi connectivity index (χ2v) is 3.87. The highest BCUT2D eigenvalue weighted by atomic mass is 19.3. The molecule has 1 aromatic carbocycles. The lowest BCUT2D eigenvalue weighted by molar-refractivity contribution is -0.231. The SMILES string of the molecule is CC(F)(F)OCc1cccc(-c2ncccn2)c1. The fourth-order valence-corrected chi connectivity index (χ4v) is 1.46. The first kappa shape index (κ1) is 12.6. The van der Waals surface area contributed by atoms with Crippen molar-refractivity contribution >= 4 is 0 Å². The Balaban J connectivity index is 2.16. The zero-order chi connectivity index (χ0) is 13.0. The molecule has 1 heterocycles. The number of nitrogens with zero attached hydrogens (tertiary/aromatic N) is 2. The summed E-state index contributed by atoms with van der Waals surface area (Å²) in [5.41, 5.74) is 1.43. The summed E-state index contributed by atoms with van der Waals surface area (Å²) in [6, 6.07) is 8.76. The summed E-state index contributed by atoms with van der Waals surface area (Å²) in [5.74, 6) is 0.558. The maximum Gasteiger partial charge on any atom is 0.353 e. The summed E-state index contributed by atoms with van der Waals surface area (Å²) in [7, 11) is 0. The van der Waals surface area contributed by atoms with E-state index in [1.165, 1.54) is 0 Å². The molecule has 3 nitrogen and oxygen atoms in total. The van der Waals surface area contributed by atoms with E-state index in [-0.39, 0.29) is 6.61 Å². The van der Waals surface area contributed by atoms with E-state index < -0.39 is 6.11 Å². The monoisotopic (exact) mass is 250 g/mol. The van der Waals surface area contributed by atoms with Gasteiger partial charge in [-0.25, -0.2) is 9.97 Å². The van der Waals surface area contributed by atoms with Gasteiger partial charge in [-0.15, -0.1) is 0 Å². The van der Waals surface area contributed by atoms with Crippen LogP contribution in [0.15, 0.2) is 42.7 Å². The molecule has 0 unspecified atom stereocenters. The lowest BCUT2D eigenvalue weighted by Gasteiger charge is -2.11. The van der Waals surface area contributed by atoms with Gasteiger partial charge in [0.05, 0.1) is 6.61 Å². The van der Waals surface area contributed by atoms with Crippen LogP contribution >= 0.6 is 0 Å². The van der Waals surface area contributed by atoms with Gasteiger partial charge in [0.2, 0.25) is 0 Å². The maximum atomic E-state index is 12.6. The Morgan fingerprint density at radius 2 is 1.89 bits per heavy atom. The van der Waals surface area contributed by atoms with Crippen molar-refractivity contribution in [3.05, 3.63) is 48.3 Å². The third kappa shape index (κ3) is 3.56. The van der Waals surface area contributed by atoms with Crippen molar-refractivity contribution < 1.29 is 13.5 Å². The molecule has 2 rings (SSSR count). The highest BCUT2D eigenvalue weighted by Crippen LogP contribution is 2.19. The quantitative estimate of drug-likeness (QED) is 0.835. The molecule has 0 aliphatic carbocycles. The molecule has 0 radical (unpaired) electrons. The van der Waals surface area contributed by atoms with Crippen molar-refractivity contribution in [3.8, 4) is 11.4 Å². The Bertz CT molecular complexity index is 512. The van der Waals surface area contributed by atoms with Gasteiger partial charge in [-0.2, -0.15) is 8.78 Å². The molecule has 1 aromatic heterocycles. The van der Waals surface area contributed by atoms with Crippen LogP contribution in [0.1, 0.15) is 12.5 Å². The van der Waals surface area contributed by atoms with Crippen LogP contribution in [-0.2, 0) is 11.3 Å². The van der Waals surface area contributed by atoms with Crippen LogP contribution in [-0.4, -0.2) is 16.1 Å². The topological polar surface area (TPSA) is 35.0 Å². The van der Waals surface area contributed by atoms with E-state index in [2.05, 4.69) is 14.7 Å². The van der Waals surface area contributed by atoms with Gasteiger partial charge in [-0.3, -0.25) is 0 Å². The van der Waals surface area contributed by atoms with Crippen molar-refractivity contribution in [3.63, 3.8) is 0 Å². The highest BCUT2D eigenvalue weighted by molar-refractivity contribution is 5.55. The van der Waals surface area contributed by atoms with E-state index in [1.54, 1.807) is 36.7 Å². The zero-order valence-corrected chi connectivity index (χ0v) is 9.81. The summed E-state index contributed by atoms with van der Waals surface area (Å²) in [6.45, 7) is 0.571. The number of halogens is 2. The fourth-order valence-electron chi connectivity index (χ4n) is 1.46. The summed E-state index contributed by atoms with van der Waals surface area (Å²) >= 11 is 0. The summed E-state index contributed by atoms with van der Waals surface area (Å²) < 4.78 is 29.6. The van der Waals surface area contributed by atoms with Crippen molar-refractivity contribution in [2.75, 3.05) is 0 Å². The van der Waals surface area contributed by atoms with Crippen LogP contribution < -0.4 is 0 Å². The van der Waals surface area contributed by atoms with Gasteiger partial charge < -0.3 is 4.74 Å². The van der Waals surface area contributed by atoms with Crippen LogP contribution in [0, 0.1) is 0 Å². The van der Waals surface area contributed by atoms with Crippen molar-refractivity contribution in [2.24, 2.45) is 0 Å². The number of ether oxygens (including phenoxy) is 1. The van der Waals surface area contributed by atoms with Crippen LogP contribution in [0.2, 0.25) is 0 Å². The van der Waals surface area contributed by atoms with Gasteiger partial charge in [0, 0.05) is 24.9 Å². The number of benzene rings is 1. The first-order chi connectivity index (χ1) is 8.54.